The average molecular weight is 434 g/mol. The summed E-state index contributed by atoms with van der Waals surface area (Å²) in [6.45, 7) is 14.3. The van der Waals surface area contributed by atoms with Gasteiger partial charge >= 0.3 is 0 Å². The van der Waals surface area contributed by atoms with Crippen LogP contribution in [0.25, 0.3) is 11.1 Å². The summed E-state index contributed by atoms with van der Waals surface area (Å²) in [5, 5.41) is 0. The molecule has 0 saturated carbocycles. The van der Waals surface area contributed by atoms with Gasteiger partial charge in [0.25, 0.3) is 5.92 Å². The van der Waals surface area contributed by atoms with Crippen LogP contribution < -0.4 is 4.90 Å². The molecule has 170 valence electrons. The van der Waals surface area contributed by atoms with E-state index < -0.39 is 5.92 Å². The molecule has 1 fully saturated rings. The number of aryl methyl sites for hydroxylation is 2. The summed E-state index contributed by atoms with van der Waals surface area (Å²) >= 11 is 0. The van der Waals surface area contributed by atoms with Gasteiger partial charge in [0, 0.05) is 31.6 Å². The van der Waals surface area contributed by atoms with Crippen LogP contribution >= 0.6 is 0 Å². The summed E-state index contributed by atoms with van der Waals surface area (Å²) in [5.41, 5.74) is 4.59. The molecule has 1 aliphatic heterocycles. The van der Waals surface area contributed by atoms with Gasteiger partial charge in [-0.15, -0.1) is 6.58 Å². The van der Waals surface area contributed by atoms with Crippen molar-refractivity contribution in [1.29, 1.82) is 0 Å². The number of likely N-dealkylation sites (tertiary alicyclic amines) is 1. The van der Waals surface area contributed by atoms with Gasteiger partial charge in [0.2, 0.25) is 0 Å². The Morgan fingerprint density at radius 2 is 1.71 bits per heavy atom. The van der Waals surface area contributed by atoms with Gasteiger partial charge in [-0.05, 0) is 62.1 Å². The fraction of sp³-hybridized carbons (Fsp3) is 0.400. The van der Waals surface area contributed by atoms with E-state index in [9.17, 15) is 13.2 Å². The zero-order valence-corrected chi connectivity index (χ0v) is 19.5. The van der Waals surface area contributed by atoms with Crippen LogP contribution in [0, 0.1) is 19.7 Å². The molecule has 3 nitrogen and oxygen atoms in total. The zero-order valence-electron chi connectivity index (χ0n) is 19.5. The minimum atomic E-state index is -2.46. The molecule has 1 saturated heterocycles. The van der Waals surface area contributed by atoms with Crippen LogP contribution in [0.4, 0.5) is 19.0 Å². The van der Waals surface area contributed by atoms with Crippen molar-refractivity contribution in [2.24, 2.45) is 0 Å². The quantitative estimate of drug-likeness (QED) is 0.505. The highest BCUT2D eigenvalue weighted by molar-refractivity contribution is 5.66. The largest absolute Gasteiger partial charge is 0.363 e. The highest BCUT2D eigenvalue weighted by atomic mass is 19.3. The van der Waals surface area contributed by atoms with E-state index in [4.69, 9.17) is 0 Å². The summed E-state index contributed by atoms with van der Waals surface area (Å²) in [4.78, 5) is 8.03. The molecule has 1 aliphatic rings. The molecule has 0 bridgehead atoms. The zero-order chi connectivity index (χ0) is 23.8. The van der Waals surface area contributed by atoms with Crippen molar-refractivity contribution in [1.82, 2.24) is 9.88 Å². The number of nitrogens with zero attached hydrogens (tertiary/aromatic N) is 3. The summed E-state index contributed by atoms with van der Waals surface area (Å²) in [6.07, 6.45) is 4.34. The first-order chi connectivity index (χ1) is 14.4. The molecule has 0 radical (unpaired) electrons. The van der Waals surface area contributed by atoms with Gasteiger partial charge in [-0.2, -0.15) is 0 Å². The monoisotopic (exact) mass is 433 g/mol. The number of hydrogen-bond donors (Lipinski definition) is 0. The Balaban J connectivity index is 0.000000311. The fourth-order valence-electron chi connectivity index (χ4n) is 2.98. The van der Waals surface area contributed by atoms with Crippen molar-refractivity contribution in [2.75, 3.05) is 32.1 Å². The number of alkyl halides is 2. The second-order valence-corrected chi connectivity index (χ2v) is 7.76. The molecule has 2 heterocycles. The molecule has 0 unspecified atom stereocenters. The summed E-state index contributed by atoms with van der Waals surface area (Å²) < 4.78 is 37.6. The second kappa shape index (κ2) is 11.6. The van der Waals surface area contributed by atoms with Gasteiger partial charge in [0.05, 0.1) is 13.1 Å². The lowest BCUT2D eigenvalue weighted by molar-refractivity contribution is -0.116. The Kier molecular flexibility index (Phi) is 9.82. The first-order valence-electron chi connectivity index (χ1n) is 10.2. The predicted octanol–water partition coefficient (Wildman–Crippen LogP) is 6.62. The first kappa shape index (κ1) is 26.3. The highest BCUT2D eigenvalue weighted by Gasteiger charge is 2.43. The number of rotatable bonds is 4. The average Bonchev–Trinajstić information content (AvgIpc) is 2.68. The van der Waals surface area contributed by atoms with E-state index in [0.29, 0.717) is 5.56 Å². The van der Waals surface area contributed by atoms with Crippen molar-refractivity contribution in [3.8, 4) is 11.1 Å². The molecular weight excluding hydrogens is 399 g/mol. The molecular formula is C25H34F3N3. The number of hydrogen-bond acceptors (Lipinski definition) is 3. The van der Waals surface area contributed by atoms with E-state index >= 15 is 0 Å². The molecule has 3 rings (SSSR count). The van der Waals surface area contributed by atoms with E-state index in [1.54, 1.807) is 24.0 Å². The fourth-order valence-corrected chi connectivity index (χ4v) is 2.98. The van der Waals surface area contributed by atoms with Gasteiger partial charge < -0.3 is 9.80 Å². The number of allylic oxidation sites excluding steroid dienone is 2. The van der Waals surface area contributed by atoms with E-state index in [-0.39, 0.29) is 18.9 Å². The number of anilines is 1. The predicted molar refractivity (Wildman–Crippen MR) is 125 cm³/mol. The van der Waals surface area contributed by atoms with Gasteiger partial charge in [-0.25, -0.2) is 18.2 Å². The number of pyridine rings is 1. The van der Waals surface area contributed by atoms with Crippen LogP contribution in [-0.4, -0.2) is 43.0 Å². The van der Waals surface area contributed by atoms with Crippen LogP contribution in [0.1, 0.15) is 31.4 Å². The standard InChI is InChI=1S/C15H17FN2.C7H11F2N.C3H6/c1-10-7-12(5-6-14(10)16)13-8-11(2)15(17-9-13)18(3)4;1-3-6(2)10-4-7(8,9)5-10;1-3-2/h5-9H,1-4H3;2-5H2,1H3;3H,1H2,2H3. The molecule has 1 aromatic carbocycles. The molecule has 0 atom stereocenters. The van der Waals surface area contributed by atoms with E-state index in [1.807, 2.05) is 52.0 Å². The van der Waals surface area contributed by atoms with Crippen molar-refractivity contribution >= 4 is 5.82 Å². The lowest BCUT2D eigenvalue weighted by Gasteiger charge is -2.41. The molecule has 0 spiro atoms. The summed E-state index contributed by atoms with van der Waals surface area (Å²) in [5.74, 6) is -1.68. The minimum absolute atomic E-state index is 0.139. The lowest BCUT2D eigenvalue weighted by Crippen LogP contribution is -2.55. The van der Waals surface area contributed by atoms with E-state index in [2.05, 4.69) is 24.2 Å². The maximum Gasteiger partial charge on any atom is 0.282 e. The van der Waals surface area contributed by atoms with Crippen molar-refractivity contribution < 1.29 is 13.2 Å². The van der Waals surface area contributed by atoms with Crippen LogP contribution in [0.3, 0.4) is 0 Å². The smallest absolute Gasteiger partial charge is 0.282 e. The van der Waals surface area contributed by atoms with Gasteiger partial charge in [-0.1, -0.05) is 25.6 Å². The number of halogens is 3. The molecule has 1 aromatic heterocycles. The van der Waals surface area contributed by atoms with Crippen molar-refractivity contribution in [2.45, 2.75) is 40.0 Å². The minimum Gasteiger partial charge on any atom is -0.363 e. The van der Waals surface area contributed by atoms with Gasteiger partial charge in [-0.3, -0.25) is 0 Å². The Morgan fingerprint density at radius 1 is 1.16 bits per heavy atom. The molecule has 0 N–H and O–H groups in total. The van der Waals surface area contributed by atoms with Crippen LogP contribution in [0.2, 0.25) is 0 Å². The van der Waals surface area contributed by atoms with E-state index in [0.717, 1.165) is 34.6 Å². The maximum absolute atomic E-state index is 13.2. The maximum atomic E-state index is 13.2. The Labute approximate surface area is 184 Å². The van der Waals surface area contributed by atoms with Crippen molar-refractivity contribution in [3.05, 3.63) is 72.3 Å². The molecule has 2 aromatic rings. The molecule has 0 aliphatic carbocycles. The molecule has 0 amide bonds. The van der Waals surface area contributed by atoms with Crippen LogP contribution in [-0.2, 0) is 0 Å². The highest BCUT2D eigenvalue weighted by Crippen LogP contribution is 2.30. The second-order valence-electron chi connectivity index (χ2n) is 7.76. The normalized spacial score (nSPS) is 13.6. The van der Waals surface area contributed by atoms with Crippen molar-refractivity contribution in [3.63, 3.8) is 0 Å². The van der Waals surface area contributed by atoms with Gasteiger partial charge in [0.15, 0.2) is 0 Å². The van der Waals surface area contributed by atoms with Gasteiger partial charge in [0.1, 0.15) is 11.6 Å². The topological polar surface area (TPSA) is 19.4 Å². The van der Waals surface area contributed by atoms with Crippen LogP contribution in [0.5, 0.6) is 0 Å². The summed E-state index contributed by atoms with van der Waals surface area (Å²) in [7, 11) is 3.94. The van der Waals surface area contributed by atoms with Crippen LogP contribution in [0.15, 0.2) is 55.4 Å². The first-order valence-corrected chi connectivity index (χ1v) is 10.2. The SMILES string of the molecule is C=C(CC)N1CC(F)(F)C1.C=CC.Cc1cc(-c2cnc(N(C)C)c(C)c2)ccc1F. The Bertz CT molecular complexity index is 884. The third kappa shape index (κ3) is 7.78. The molecule has 6 heteroatoms. The third-order valence-electron chi connectivity index (χ3n) is 4.67. The third-order valence-corrected chi connectivity index (χ3v) is 4.67. The number of aromatic nitrogens is 1. The Morgan fingerprint density at radius 3 is 2.13 bits per heavy atom. The summed E-state index contributed by atoms with van der Waals surface area (Å²) in [6, 6.07) is 7.21. The number of benzene rings is 1. The lowest BCUT2D eigenvalue weighted by atomic mass is 10.0. The Hall–Kier alpha value is -2.76. The molecule has 31 heavy (non-hydrogen) atoms. The van der Waals surface area contributed by atoms with E-state index in [1.165, 1.54) is 6.07 Å².